The molecule has 2 rings (SSSR count). The molecule has 0 spiro atoms. The van der Waals surface area contributed by atoms with Gasteiger partial charge in [0.05, 0.1) is 6.61 Å². The number of rotatable bonds is 5. The van der Waals surface area contributed by atoms with E-state index >= 15 is 0 Å². The molecule has 0 aliphatic heterocycles. The van der Waals surface area contributed by atoms with Gasteiger partial charge in [-0.3, -0.25) is 4.98 Å². The molecule has 2 aromatic rings. The van der Waals surface area contributed by atoms with E-state index in [0.717, 1.165) is 5.69 Å². The Kier molecular flexibility index (Phi) is 4.69. The molecule has 0 aliphatic carbocycles. The quantitative estimate of drug-likeness (QED) is 0.911. The average Bonchev–Trinajstić information content (AvgIpc) is 2.43. The van der Waals surface area contributed by atoms with Crippen molar-refractivity contribution >= 4 is 0 Å². The van der Waals surface area contributed by atoms with Gasteiger partial charge in [-0.2, -0.15) is 0 Å². The highest BCUT2D eigenvalue weighted by Gasteiger charge is 2.12. The average molecular weight is 274 g/mol. The van der Waals surface area contributed by atoms with Crippen molar-refractivity contribution in [1.82, 2.24) is 4.98 Å². The molecule has 0 aliphatic rings. The minimum absolute atomic E-state index is 0.255. The first-order chi connectivity index (χ1) is 9.58. The molecule has 1 atom stereocenters. The Balaban J connectivity index is 2.07. The second-order valence-electron chi connectivity index (χ2n) is 4.85. The maximum absolute atomic E-state index is 13.6. The second-order valence-corrected chi connectivity index (χ2v) is 4.85. The molecule has 4 heteroatoms. The van der Waals surface area contributed by atoms with Gasteiger partial charge in [-0.25, -0.2) is 4.39 Å². The smallest absolute Gasteiger partial charge is 0.126 e. The van der Waals surface area contributed by atoms with E-state index in [1.54, 1.807) is 19.2 Å². The zero-order valence-electron chi connectivity index (χ0n) is 11.8. The molecule has 0 radical (unpaired) electrons. The number of ether oxygens (including phenoxy) is 1. The molecular weight excluding hydrogens is 255 g/mol. The molecule has 0 unspecified atom stereocenters. The lowest BCUT2D eigenvalue weighted by Crippen LogP contribution is -2.11. The molecule has 0 saturated carbocycles. The van der Waals surface area contributed by atoms with Crippen molar-refractivity contribution in [2.75, 3.05) is 6.61 Å². The van der Waals surface area contributed by atoms with Gasteiger partial charge in [-0.15, -0.1) is 0 Å². The Morgan fingerprint density at radius 2 is 2.15 bits per heavy atom. The van der Waals surface area contributed by atoms with E-state index < -0.39 is 0 Å². The summed E-state index contributed by atoms with van der Waals surface area (Å²) in [5.41, 5.74) is 8.07. The van der Waals surface area contributed by atoms with Crippen LogP contribution in [0.1, 0.15) is 29.8 Å². The molecule has 2 N–H and O–H groups in total. The highest BCUT2D eigenvalue weighted by atomic mass is 19.1. The van der Waals surface area contributed by atoms with Gasteiger partial charge in [-0.1, -0.05) is 6.07 Å². The van der Waals surface area contributed by atoms with Crippen LogP contribution >= 0.6 is 0 Å². The first-order valence-electron chi connectivity index (χ1n) is 6.66. The zero-order valence-corrected chi connectivity index (χ0v) is 11.8. The van der Waals surface area contributed by atoms with Crippen LogP contribution in [0.5, 0.6) is 5.75 Å². The maximum atomic E-state index is 13.6. The lowest BCUT2D eigenvalue weighted by molar-refractivity contribution is 0.314. The van der Waals surface area contributed by atoms with E-state index in [2.05, 4.69) is 4.98 Å². The fourth-order valence-corrected chi connectivity index (χ4v) is 1.96. The van der Waals surface area contributed by atoms with Crippen LogP contribution in [0.2, 0.25) is 0 Å². The standard InChI is InChI=1S/C16H19FN2O/c1-11-9-16(14(12(2)18)10-15(11)17)20-8-6-13-5-3-4-7-19-13/h3-5,7,9-10,12H,6,8,18H2,1-2H3/t12-/m0/s1. The van der Waals surface area contributed by atoms with E-state index in [1.807, 2.05) is 25.1 Å². The summed E-state index contributed by atoms with van der Waals surface area (Å²) in [6, 6.07) is 8.66. The zero-order chi connectivity index (χ0) is 14.5. The molecule has 0 saturated heterocycles. The maximum Gasteiger partial charge on any atom is 0.126 e. The number of nitrogens with zero attached hydrogens (tertiary/aromatic N) is 1. The van der Waals surface area contributed by atoms with Crippen LogP contribution in [0.3, 0.4) is 0 Å². The summed E-state index contributed by atoms with van der Waals surface area (Å²) in [4.78, 5) is 4.23. The summed E-state index contributed by atoms with van der Waals surface area (Å²) >= 11 is 0. The predicted molar refractivity (Wildman–Crippen MR) is 77.2 cm³/mol. The minimum atomic E-state index is -0.269. The lowest BCUT2D eigenvalue weighted by Gasteiger charge is -2.15. The van der Waals surface area contributed by atoms with Gasteiger partial charge in [0, 0.05) is 29.9 Å². The van der Waals surface area contributed by atoms with Crippen LogP contribution in [-0.2, 0) is 6.42 Å². The number of nitrogens with two attached hydrogens (primary N) is 1. The number of pyridine rings is 1. The van der Waals surface area contributed by atoms with Crippen LogP contribution < -0.4 is 10.5 Å². The summed E-state index contributed by atoms with van der Waals surface area (Å²) in [7, 11) is 0. The summed E-state index contributed by atoms with van der Waals surface area (Å²) < 4.78 is 19.3. The Morgan fingerprint density at radius 3 is 2.80 bits per heavy atom. The predicted octanol–water partition coefficient (Wildman–Crippen LogP) is 3.17. The summed E-state index contributed by atoms with van der Waals surface area (Å²) in [6.07, 6.45) is 2.46. The minimum Gasteiger partial charge on any atom is -0.493 e. The fourth-order valence-electron chi connectivity index (χ4n) is 1.96. The third-order valence-electron chi connectivity index (χ3n) is 3.12. The van der Waals surface area contributed by atoms with Gasteiger partial charge < -0.3 is 10.5 Å². The van der Waals surface area contributed by atoms with Gasteiger partial charge >= 0.3 is 0 Å². The van der Waals surface area contributed by atoms with E-state index in [9.17, 15) is 4.39 Å². The van der Waals surface area contributed by atoms with Crippen molar-refractivity contribution in [3.8, 4) is 5.75 Å². The van der Waals surface area contributed by atoms with Crippen molar-refractivity contribution < 1.29 is 9.13 Å². The summed E-state index contributed by atoms with van der Waals surface area (Å²) in [6.45, 7) is 4.02. The van der Waals surface area contributed by atoms with Crippen LogP contribution in [0.25, 0.3) is 0 Å². The molecule has 0 amide bonds. The van der Waals surface area contributed by atoms with Crippen molar-refractivity contribution in [2.45, 2.75) is 26.3 Å². The first kappa shape index (κ1) is 14.5. The van der Waals surface area contributed by atoms with Gasteiger partial charge in [0.15, 0.2) is 0 Å². The van der Waals surface area contributed by atoms with Crippen molar-refractivity contribution in [2.24, 2.45) is 5.73 Å². The largest absolute Gasteiger partial charge is 0.493 e. The molecule has 1 aromatic heterocycles. The lowest BCUT2D eigenvalue weighted by atomic mass is 10.1. The van der Waals surface area contributed by atoms with Crippen LogP contribution in [0.15, 0.2) is 36.5 Å². The van der Waals surface area contributed by atoms with Crippen molar-refractivity contribution in [3.05, 3.63) is 59.2 Å². The molecule has 1 heterocycles. The highest BCUT2D eigenvalue weighted by molar-refractivity contribution is 5.39. The molecular formula is C16H19FN2O. The number of aryl methyl sites for hydroxylation is 1. The number of hydrogen-bond acceptors (Lipinski definition) is 3. The van der Waals surface area contributed by atoms with Gasteiger partial charge in [0.1, 0.15) is 11.6 Å². The first-order valence-corrected chi connectivity index (χ1v) is 6.66. The highest BCUT2D eigenvalue weighted by Crippen LogP contribution is 2.27. The van der Waals surface area contributed by atoms with E-state index in [0.29, 0.717) is 29.9 Å². The van der Waals surface area contributed by atoms with Gasteiger partial charge in [0.25, 0.3) is 0 Å². The number of aromatic nitrogens is 1. The molecule has 106 valence electrons. The number of benzene rings is 1. The Labute approximate surface area is 118 Å². The third-order valence-corrected chi connectivity index (χ3v) is 3.12. The molecule has 0 bridgehead atoms. The normalized spacial score (nSPS) is 12.2. The van der Waals surface area contributed by atoms with Crippen LogP contribution in [0, 0.1) is 12.7 Å². The molecule has 3 nitrogen and oxygen atoms in total. The third kappa shape index (κ3) is 3.54. The fraction of sp³-hybridized carbons (Fsp3) is 0.312. The SMILES string of the molecule is Cc1cc(OCCc2ccccn2)c([C@H](C)N)cc1F. The van der Waals surface area contributed by atoms with Crippen molar-refractivity contribution in [3.63, 3.8) is 0 Å². The van der Waals surface area contributed by atoms with E-state index in [-0.39, 0.29) is 11.9 Å². The van der Waals surface area contributed by atoms with Crippen LogP contribution in [-0.4, -0.2) is 11.6 Å². The number of hydrogen-bond donors (Lipinski definition) is 1. The van der Waals surface area contributed by atoms with E-state index in [1.165, 1.54) is 6.07 Å². The Morgan fingerprint density at radius 1 is 1.35 bits per heavy atom. The Bertz CT molecular complexity index is 570. The Hall–Kier alpha value is -1.94. The molecule has 1 aromatic carbocycles. The van der Waals surface area contributed by atoms with Crippen molar-refractivity contribution in [1.29, 1.82) is 0 Å². The number of halogens is 1. The monoisotopic (exact) mass is 274 g/mol. The topological polar surface area (TPSA) is 48.1 Å². The summed E-state index contributed by atoms with van der Waals surface area (Å²) in [5, 5.41) is 0. The van der Waals surface area contributed by atoms with Crippen LogP contribution in [0.4, 0.5) is 4.39 Å². The van der Waals surface area contributed by atoms with E-state index in [4.69, 9.17) is 10.5 Å². The molecule has 20 heavy (non-hydrogen) atoms. The second kappa shape index (κ2) is 6.48. The summed E-state index contributed by atoms with van der Waals surface area (Å²) in [5.74, 6) is 0.393. The van der Waals surface area contributed by atoms with Gasteiger partial charge in [-0.05, 0) is 43.7 Å². The molecule has 0 fully saturated rings. The van der Waals surface area contributed by atoms with Gasteiger partial charge in [0.2, 0.25) is 0 Å².